The summed E-state index contributed by atoms with van der Waals surface area (Å²) in [6, 6.07) is 16.5. The molecule has 0 fully saturated rings. The maximum Gasteiger partial charge on any atom is 0.191 e. The fourth-order valence-corrected chi connectivity index (χ4v) is 2.76. The minimum Gasteiger partial charge on any atom is -0.496 e. The molecule has 0 aliphatic carbocycles. The zero-order valence-corrected chi connectivity index (χ0v) is 17.7. The van der Waals surface area contributed by atoms with Gasteiger partial charge in [-0.3, -0.25) is 4.99 Å². The summed E-state index contributed by atoms with van der Waals surface area (Å²) in [6.45, 7) is 8.30. The minimum atomic E-state index is -0.137. The molecule has 0 saturated heterocycles. The van der Waals surface area contributed by atoms with Gasteiger partial charge in [-0.2, -0.15) is 0 Å². The van der Waals surface area contributed by atoms with Crippen LogP contribution in [0.1, 0.15) is 37.5 Å². The predicted molar refractivity (Wildman–Crippen MR) is 116 cm³/mol. The maximum absolute atomic E-state index is 5.86. The first-order valence-corrected chi connectivity index (χ1v) is 9.69. The first-order chi connectivity index (χ1) is 13.4. The number of rotatable bonds is 8. The Balaban J connectivity index is 1.82. The van der Waals surface area contributed by atoms with Gasteiger partial charge in [0.15, 0.2) is 5.96 Å². The molecule has 0 heterocycles. The lowest BCUT2D eigenvalue weighted by Crippen LogP contribution is -2.37. The number of benzene rings is 2. The van der Waals surface area contributed by atoms with E-state index in [0.717, 1.165) is 24.7 Å². The summed E-state index contributed by atoms with van der Waals surface area (Å²) < 4.78 is 11.3. The standard InChI is InChI=1S/C23H33N3O2/c1-23(2,3)28-17-19-10-8-9-18(15-19)16-26-22(24-4)25-14-13-20-11-6-7-12-21(20)27-5/h6-12,15H,13-14,16-17H2,1-5H3,(H2,24,25,26). The van der Waals surface area contributed by atoms with Crippen molar-refractivity contribution in [2.45, 2.75) is 45.9 Å². The fraction of sp³-hybridized carbons (Fsp3) is 0.435. The third-order valence-electron chi connectivity index (χ3n) is 4.23. The molecule has 0 aliphatic rings. The number of methoxy groups -OCH3 is 1. The van der Waals surface area contributed by atoms with Crippen LogP contribution in [0.3, 0.4) is 0 Å². The van der Waals surface area contributed by atoms with E-state index in [1.807, 2.05) is 18.2 Å². The first-order valence-electron chi connectivity index (χ1n) is 9.69. The van der Waals surface area contributed by atoms with Crippen molar-refractivity contribution in [1.82, 2.24) is 10.6 Å². The molecule has 0 saturated carbocycles. The summed E-state index contributed by atoms with van der Waals surface area (Å²) in [5.41, 5.74) is 3.41. The van der Waals surface area contributed by atoms with Crippen molar-refractivity contribution >= 4 is 5.96 Å². The van der Waals surface area contributed by atoms with E-state index in [-0.39, 0.29) is 5.60 Å². The topological polar surface area (TPSA) is 54.9 Å². The highest BCUT2D eigenvalue weighted by Gasteiger charge is 2.10. The molecular weight excluding hydrogens is 350 g/mol. The van der Waals surface area contributed by atoms with Crippen molar-refractivity contribution in [3.63, 3.8) is 0 Å². The molecule has 28 heavy (non-hydrogen) atoms. The average molecular weight is 384 g/mol. The van der Waals surface area contributed by atoms with Gasteiger partial charge in [0, 0.05) is 20.1 Å². The Morgan fingerprint density at radius 1 is 1.00 bits per heavy atom. The van der Waals surface area contributed by atoms with Crippen LogP contribution in [-0.2, 0) is 24.3 Å². The highest BCUT2D eigenvalue weighted by molar-refractivity contribution is 5.79. The monoisotopic (exact) mass is 383 g/mol. The van der Waals surface area contributed by atoms with Crippen LogP contribution in [0.5, 0.6) is 5.75 Å². The Labute approximate surface area is 169 Å². The Morgan fingerprint density at radius 3 is 2.46 bits per heavy atom. The van der Waals surface area contributed by atoms with E-state index in [0.29, 0.717) is 13.2 Å². The number of nitrogens with zero attached hydrogens (tertiary/aromatic N) is 1. The molecule has 0 atom stereocenters. The molecule has 0 spiro atoms. The molecule has 0 amide bonds. The van der Waals surface area contributed by atoms with Crippen LogP contribution in [-0.4, -0.2) is 32.3 Å². The van der Waals surface area contributed by atoms with E-state index < -0.39 is 0 Å². The van der Waals surface area contributed by atoms with E-state index in [1.165, 1.54) is 16.7 Å². The summed E-state index contributed by atoms with van der Waals surface area (Å²) in [4.78, 5) is 4.31. The van der Waals surface area contributed by atoms with Gasteiger partial charge in [0.1, 0.15) is 5.75 Å². The lowest BCUT2D eigenvalue weighted by atomic mass is 10.1. The summed E-state index contributed by atoms with van der Waals surface area (Å²) in [5, 5.41) is 6.72. The van der Waals surface area contributed by atoms with E-state index in [4.69, 9.17) is 9.47 Å². The molecule has 0 unspecified atom stereocenters. The van der Waals surface area contributed by atoms with E-state index in [1.54, 1.807) is 14.2 Å². The molecule has 2 rings (SSSR count). The molecule has 2 aromatic rings. The number of aliphatic imine (C=N–C) groups is 1. The smallest absolute Gasteiger partial charge is 0.191 e. The highest BCUT2D eigenvalue weighted by atomic mass is 16.5. The minimum absolute atomic E-state index is 0.137. The predicted octanol–water partition coefficient (Wildman–Crippen LogP) is 3.92. The molecule has 2 N–H and O–H groups in total. The highest BCUT2D eigenvalue weighted by Crippen LogP contribution is 2.17. The third kappa shape index (κ3) is 7.61. The number of guanidine groups is 1. The summed E-state index contributed by atoms with van der Waals surface area (Å²) >= 11 is 0. The largest absolute Gasteiger partial charge is 0.496 e. The van der Waals surface area contributed by atoms with Gasteiger partial charge in [0.05, 0.1) is 19.3 Å². The molecule has 5 nitrogen and oxygen atoms in total. The second-order valence-corrected chi connectivity index (χ2v) is 7.64. The van der Waals surface area contributed by atoms with Gasteiger partial charge in [-0.25, -0.2) is 0 Å². The molecule has 0 bridgehead atoms. The second kappa shape index (κ2) is 10.7. The number of hydrogen-bond donors (Lipinski definition) is 2. The van der Waals surface area contributed by atoms with Crippen molar-refractivity contribution in [3.8, 4) is 5.75 Å². The second-order valence-electron chi connectivity index (χ2n) is 7.64. The Bertz CT molecular complexity index is 766. The molecular formula is C23H33N3O2. The normalized spacial score (nSPS) is 12.0. The number of nitrogens with one attached hydrogen (secondary N) is 2. The van der Waals surface area contributed by atoms with Crippen molar-refractivity contribution in [2.75, 3.05) is 20.7 Å². The van der Waals surface area contributed by atoms with Gasteiger partial charge in [-0.05, 0) is 49.9 Å². The number of hydrogen-bond acceptors (Lipinski definition) is 3. The quantitative estimate of drug-likeness (QED) is 0.536. The zero-order valence-electron chi connectivity index (χ0n) is 17.7. The molecule has 0 aliphatic heterocycles. The van der Waals surface area contributed by atoms with E-state index >= 15 is 0 Å². The molecule has 152 valence electrons. The van der Waals surface area contributed by atoms with Gasteiger partial charge in [0.2, 0.25) is 0 Å². The van der Waals surface area contributed by atoms with Crippen LogP contribution >= 0.6 is 0 Å². The van der Waals surface area contributed by atoms with Gasteiger partial charge in [-0.15, -0.1) is 0 Å². The van der Waals surface area contributed by atoms with Gasteiger partial charge in [0.25, 0.3) is 0 Å². The molecule has 0 aromatic heterocycles. The Hall–Kier alpha value is -2.53. The third-order valence-corrected chi connectivity index (χ3v) is 4.23. The van der Waals surface area contributed by atoms with E-state index in [9.17, 15) is 0 Å². The first kappa shape index (κ1) is 21.8. The Kier molecular flexibility index (Phi) is 8.33. The van der Waals surface area contributed by atoms with Crippen molar-refractivity contribution in [2.24, 2.45) is 4.99 Å². The fourth-order valence-electron chi connectivity index (χ4n) is 2.76. The summed E-state index contributed by atoms with van der Waals surface area (Å²) in [7, 11) is 3.49. The Morgan fingerprint density at radius 2 is 1.75 bits per heavy atom. The number of para-hydroxylation sites is 1. The summed E-state index contributed by atoms with van der Waals surface area (Å²) in [6.07, 6.45) is 0.865. The number of ether oxygens (including phenoxy) is 2. The van der Waals surface area contributed by atoms with Gasteiger partial charge < -0.3 is 20.1 Å². The van der Waals surface area contributed by atoms with Crippen LogP contribution in [0.2, 0.25) is 0 Å². The SMILES string of the molecule is CN=C(NCCc1ccccc1OC)NCc1cccc(COC(C)(C)C)c1. The van der Waals surface area contributed by atoms with Crippen LogP contribution in [0.25, 0.3) is 0 Å². The lowest BCUT2D eigenvalue weighted by Gasteiger charge is -2.19. The van der Waals surface area contributed by atoms with Crippen molar-refractivity contribution < 1.29 is 9.47 Å². The zero-order chi connectivity index (χ0) is 20.4. The molecule has 0 radical (unpaired) electrons. The summed E-state index contributed by atoms with van der Waals surface area (Å²) in [5.74, 6) is 1.70. The van der Waals surface area contributed by atoms with Gasteiger partial charge in [-0.1, -0.05) is 42.5 Å². The van der Waals surface area contributed by atoms with Crippen LogP contribution in [0.4, 0.5) is 0 Å². The average Bonchev–Trinajstić information content (AvgIpc) is 2.69. The van der Waals surface area contributed by atoms with Crippen molar-refractivity contribution in [3.05, 3.63) is 65.2 Å². The maximum atomic E-state index is 5.86. The van der Waals surface area contributed by atoms with Gasteiger partial charge >= 0.3 is 0 Å². The van der Waals surface area contributed by atoms with Crippen LogP contribution in [0, 0.1) is 0 Å². The molecule has 5 heteroatoms. The molecule has 2 aromatic carbocycles. The van der Waals surface area contributed by atoms with E-state index in [2.05, 4.69) is 66.7 Å². The lowest BCUT2D eigenvalue weighted by molar-refractivity contribution is -0.0149. The van der Waals surface area contributed by atoms with Crippen LogP contribution in [0.15, 0.2) is 53.5 Å². The van der Waals surface area contributed by atoms with Crippen LogP contribution < -0.4 is 15.4 Å². The van der Waals surface area contributed by atoms with Crippen molar-refractivity contribution in [1.29, 1.82) is 0 Å².